The molecule has 0 amide bonds. The molecule has 0 radical (unpaired) electrons. The van der Waals surface area contributed by atoms with Crippen LogP contribution in [-0.2, 0) is 6.42 Å². The third kappa shape index (κ3) is 3.18. The van der Waals surface area contributed by atoms with Crippen molar-refractivity contribution in [3.8, 4) is 0 Å². The molecule has 0 atom stereocenters. The average Bonchev–Trinajstić information content (AvgIpc) is 2.31. The normalized spacial score (nSPS) is 9.27. The standard InChI is InChI=1S/C7H12N2S.ClH/c1-6-7(3-2-4-8)10-5-9-6;/h5H,2-4,8H2,1H3;1H. The SMILES string of the molecule is Cc1ncsc1CCCN.Cl. The van der Waals surface area contributed by atoms with Gasteiger partial charge in [0.1, 0.15) is 0 Å². The third-order valence-electron chi connectivity index (χ3n) is 1.45. The highest BCUT2D eigenvalue weighted by Gasteiger charge is 1.98. The Morgan fingerprint density at radius 2 is 2.36 bits per heavy atom. The van der Waals surface area contributed by atoms with Gasteiger partial charge in [-0.3, -0.25) is 0 Å². The second-order valence-corrected chi connectivity index (χ2v) is 3.19. The van der Waals surface area contributed by atoms with E-state index in [-0.39, 0.29) is 12.4 Å². The fraction of sp³-hybridized carbons (Fsp3) is 0.571. The molecular formula is C7H13ClN2S. The zero-order valence-corrected chi connectivity index (χ0v) is 8.17. The summed E-state index contributed by atoms with van der Waals surface area (Å²) in [7, 11) is 0. The number of hydrogen-bond donors (Lipinski definition) is 1. The molecule has 0 fully saturated rings. The van der Waals surface area contributed by atoms with Gasteiger partial charge in [-0.05, 0) is 26.3 Å². The molecule has 0 aliphatic heterocycles. The molecular weight excluding hydrogens is 180 g/mol. The molecule has 11 heavy (non-hydrogen) atoms. The van der Waals surface area contributed by atoms with Crippen LogP contribution in [0.5, 0.6) is 0 Å². The topological polar surface area (TPSA) is 38.9 Å². The van der Waals surface area contributed by atoms with Gasteiger partial charge in [-0.15, -0.1) is 23.7 Å². The summed E-state index contributed by atoms with van der Waals surface area (Å²) in [5.74, 6) is 0. The summed E-state index contributed by atoms with van der Waals surface area (Å²) in [6.07, 6.45) is 2.16. The summed E-state index contributed by atoms with van der Waals surface area (Å²) in [4.78, 5) is 5.53. The van der Waals surface area contributed by atoms with Crippen LogP contribution >= 0.6 is 23.7 Å². The van der Waals surface area contributed by atoms with Gasteiger partial charge < -0.3 is 5.73 Å². The van der Waals surface area contributed by atoms with Crippen molar-refractivity contribution in [2.75, 3.05) is 6.54 Å². The summed E-state index contributed by atoms with van der Waals surface area (Å²) in [6, 6.07) is 0. The van der Waals surface area contributed by atoms with Crippen LogP contribution in [0, 0.1) is 6.92 Å². The second kappa shape index (κ2) is 5.52. The predicted molar refractivity (Wildman–Crippen MR) is 51.5 cm³/mol. The van der Waals surface area contributed by atoms with Crippen LogP contribution in [-0.4, -0.2) is 11.5 Å². The Bertz CT molecular complexity index is 200. The molecule has 1 aromatic rings. The number of aryl methyl sites for hydroxylation is 2. The number of thiazole rings is 1. The highest BCUT2D eigenvalue weighted by Crippen LogP contribution is 2.13. The maximum absolute atomic E-state index is 5.38. The predicted octanol–water partition coefficient (Wildman–Crippen LogP) is 1.76. The van der Waals surface area contributed by atoms with Gasteiger partial charge in [0.25, 0.3) is 0 Å². The summed E-state index contributed by atoms with van der Waals surface area (Å²) >= 11 is 1.72. The molecule has 0 saturated heterocycles. The second-order valence-electron chi connectivity index (χ2n) is 2.25. The molecule has 4 heteroatoms. The van der Waals surface area contributed by atoms with Crippen LogP contribution in [0.15, 0.2) is 5.51 Å². The van der Waals surface area contributed by atoms with E-state index in [1.807, 2.05) is 12.4 Å². The lowest BCUT2D eigenvalue weighted by Crippen LogP contribution is -1.99. The van der Waals surface area contributed by atoms with Crippen molar-refractivity contribution in [3.05, 3.63) is 16.1 Å². The molecule has 1 aromatic heterocycles. The molecule has 2 N–H and O–H groups in total. The Balaban J connectivity index is 0.000001000. The van der Waals surface area contributed by atoms with Crippen LogP contribution in [0.3, 0.4) is 0 Å². The van der Waals surface area contributed by atoms with Gasteiger partial charge in [0.2, 0.25) is 0 Å². The van der Waals surface area contributed by atoms with Crippen molar-refractivity contribution in [1.29, 1.82) is 0 Å². The van der Waals surface area contributed by atoms with Crippen LogP contribution in [0.2, 0.25) is 0 Å². The third-order valence-corrected chi connectivity index (χ3v) is 2.45. The van der Waals surface area contributed by atoms with Gasteiger partial charge in [-0.2, -0.15) is 0 Å². The van der Waals surface area contributed by atoms with Gasteiger partial charge >= 0.3 is 0 Å². The average molecular weight is 193 g/mol. The van der Waals surface area contributed by atoms with Crippen LogP contribution in [0.1, 0.15) is 17.0 Å². The number of hydrogen-bond acceptors (Lipinski definition) is 3. The van der Waals surface area contributed by atoms with Gasteiger partial charge in [0.15, 0.2) is 0 Å². The zero-order chi connectivity index (χ0) is 7.40. The maximum Gasteiger partial charge on any atom is 0.0797 e. The van der Waals surface area contributed by atoms with Crippen LogP contribution < -0.4 is 5.73 Å². The first kappa shape index (κ1) is 10.9. The minimum absolute atomic E-state index is 0. The van der Waals surface area contributed by atoms with E-state index in [1.54, 1.807) is 11.3 Å². The summed E-state index contributed by atoms with van der Waals surface area (Å²) in [5, 5.41) is 0. The van der Waals surface area contributed by atoms with E-state index >= 15 is 0 Å². The van der Waals surface area contributed by atoms with Crippen molar-refractivity contribution in [2.24, 2.45) is 5.73 Å². The monoisotopic (exact) mass is 192 g/mol. The Hall–Kier alpha value is -0.120. The van der Waals surface area contributed by atoms with Crippen LogP contribution in [0.4, 0.5) is 0 Å². The summed E-state index contributed by atoms with van der Waals surface area (Å²) in [6.45, 7) is 2.82. The maximum atomic E-state index is 5.38. The van der Waals surface area contributed by atoms with Gasteiger partial charge in [0.05, 0.1) is 11.2 Å². The van der Waals surface area contributed by atoms with Gasteiger partial charge in [-0.1, -0.05) is 0 Å². The fourth-order valence-electron chi connectivity index (χ4n) is 0.829. The molecule has 1 rings (SSSR count). The molecule has 64 valence electrons. The first-order valence-electron chi connectivity index (χ1n) is 3.43. The van der Waals surface area contributed by atoms with Crippen LogP contribution in [0.25, 0.3) is 0 Å². The molecule has 0 aliphatic carbocycles. The molecule has 1 heterocycles. The molecule has 0 unspecified atom stereocenters. The van der Waals surface area contributed by atoms with Crippen molar-refractivity contribution in [3.63, 3.8) is 0 Å². The number of halogens is 1. The van der Waals surface area contributed by atoms with E-state index in [9.17, 15) is 0 Å². The molecule has 0 spiro atoms. The smallest absolute Gasteiger partial charge is 0.0797 e. The molecule has 0 saturated carbocycles. The largest absolute Gasteiger partial charge is 0.330 e. The van der Waals surface area contributed by atoms with E-state index in [0.717, 1.165) is 19.4 Å². The van der Waals surface area contributed by atoms with Crippen molar-refractivity contribution in [2.45, 2.75) is 19.8 Å². The van der Waals surface area contributed by atoms with E-state index in [2.05, 4.69) is 4.98 Å². The summed E-state index contributed by atoms with van der Waals surface area (Å²) < 4.78 is 0. The van der Waals surface area contributed by atoms with Crippen molar-refractivity contribution >= 4 is 23.7 Å². The lowest BCUT2D eigenvalue weighted by atomic mass is 10.2. The minimum Gasteiger partial charge on any atom is -0.330 e. The first-order valence-corrected chi connectivity index (χ1v) is 4.31. The number of nitrogens with zero attached hydrogens (tertiary/aromatic N) is 1. The minimum atomic E-state index is 0. The molecule has 0 bridgehead atoms. The van der Waals surface area contributed by atoms with E-state index in [1.165, 1.54) is 10.6 Å². The first-order chi connectivity index (χ1) is 4.84. The molecule has 2 nitrogen and oxygen atoms in total. The molecule has 0 aliphatic rings. The van der Waals surface area contributed by atoms with Crippen molar-refractivity contribution in [1.82, 2.24) is 4.98 Å². The Morgan fingerprint density at radius 3 is 2.82 bits per heavy atom. The van der Waals surface area contributed by atoms with Crippen molar-refractivity contribution < 1.29 is 0 Å². The Morgan fingerprint density at radius 1 is 1.64 bits per heavy atom. The highest BCUT2D eigenvalue weighted by atomic mass is 35.5. The van der Waals surface area contributed by atoms with E-state index in [0.29, 0.717) is 0 Å². The van der Waals surface area contributed by atoms with Gasteiger partial charge in [-0.25, -0.2) is 4.98 Å². The quantitative estimate of drug-likeness (QED) is 0.793. The lowest BCUT2D eigenvalue weighted by Gasteiger charge is -1.93. The van der Waals surface area contributed by atoms with E-state index < -0.39 is 0 Å². The Labute approximate surface area is 77.2 Å². The zero-order valence-electron chi connectivity index (χ0n) is 6.54. The number of aromatic nitrogens is 1. The number of nitrogens with two attached hydrogens (primary N) is 1. The molecule has 0 aromatic carbocycles. The number of rotatable bonds is 3. The fourth-order valence-corrected chi connectivity index (χ4v) is 1.65. The van der Waals surface area contributed by atoms with E-state index in [4.69, 9.17) is 5.73 Å². The Kier molecular flexibility index (Phi) is 5.46. The summed E-state index contributed by atoms with van der Waals surface area (Å²) in [5.41, 5.74) is 8.43. The lowest BCUT2D eigenvalue weighted by molar-refractivity contribution is 0.836. The van der Waals surface area contributed by atoms with Gasteiger partial charge in [0, 0.05) is 4.88 Å². The highest BCUT2D eigenvalue weighted by molar-refractivity contribution is 7.09.